The molecule has 2 saturated carbocycles. The van der Waals surface area contributed by atoms with Crippen molar-refractivity contribution in [3.8, 4) is 0 Å². The van der Waals surface area contributed by atoms with Gasteiger partial charge in [-0.2, -0.15) is 0 Å². The van der Waals surface area contributed by atoms with Crippen LogP contribution in [0.5, 0.6) is 0 Å². The van der Waals surface area contributed by atoms with E-state index >= 15 is 19.2 Å². The predicted molar refractivity (Wildman–Crippen MR) is 272 cm³/mol. The van der Waals surface area contributed by atoms with Crippen LogP contribution >= 0.6 is 0 Å². The molecule has 13 rings (SSSR count). The number of nitrogens with zero attached hydrogens (tertiary/aromatic N) is 4. The molecule has 2 aliphatic carbocycles. The molecular formula is C60H48N4O4. The summed E-state index contributed by atoms with van der Waals surface area (Å²) in [5.74, 6) is -1.06. The van der Waals surface area contributed by atoms with E-state index < -0.39 is 0 Å². The molecule has 0 atom stereocenters. The maximum Gasteiger partial charge on any atom is 0.261 e. The standard InChI is InChI=1S/C60H48N4O4/c65-57-45-34-32-44-54-50(62(39-23-11-3-12-24-39)40-25-13-4-14-26-40)36-48-52-46(58(66)64(60(48)68)42-29-17-6-18-30-42)33-31-43(56(52)54)53-49(61(37-19-7-1-8-20-37)38-21-9-2-10-22-38)35-47(51(45)55(44)53)59(67)63(57)41-27-15-5-16-28-41/h1-4,7-14,19-26,31-36,41-42H,5-6,15-18,27-30H2. The van der Waals surface area contributed by atoms with Crippen LogP contribution in [-0.4, -0.2) is 45.5 Å². The normalized spacial score (nSPS) is 16.8. The maximum absolute atomic E-state index is 15.4. The van der Waals surface area contributed by atoms with Gasteiger partial charge in [0.05, 0.1) is 22.5 Å². The molecule has 4 amide bonds. The van der Waals surface area contributed by atoms with Gasteiger partial charge >= 0.3 is 0 Å². The van der Waals surface area contributed by atoms with Gasteiger partial charge in [-0.25, -0.2) is 0 Å². The van der Waals surface area contributed by atoms with Gasteiger partial charge in [-0.05, 0) is 109 Å². The molecule has 68 heavy (non-hydrogen) atoms. The van der Waals surface area contributed by atoms with Crippen molar-refractivity contribution in [2.24, 2.45) is 0 Å². The summed E-state index contributed by atoms with van der Waals surface area (Å²) in [6, 6.07) is 52.3. The van der Waals surface area contributed by atoms with E-state index in [1.807, 2.05) is 97.1 Å². The fraction of sp³-hybridized carbons (Fsp3) is 0.200. The largest absolute Gasteiger partial charge is 0.310 e. The van der Waals surface area contributed by atoms with Crippen molar-refractivity contribution >= 4 is 101 Å². The molecule has 8 nitrogen and oxygen atoms in total. The first-order valence-electron chi connectivity index (χ1n) is 24.3. The minimum Gasteiger partial charge on any atom is -0.310 e. The summed E-state index contributed by atoms with van der Waals surface area (Å²) in [7, 11) is 0. The summed E-state index contributed by atoms with van der Waals surface area (Å²) in [6.45, 7) is 0. The third kappa shape index (κ3) is 5.99. The zero-order chi connectivity index (χ0) is 45.6. The Bertz CT molecular complexity index is 3200. The second-order valence-corrected chi connectivity index (χ2v) is 19.0. The molecule has 0 spiro atoms. The average Bonchev–Trinajstić information content (AvgIpc) is 3.39. The second-order valence-electron chi connectivity index (χ2n) is 19.0. The molecule has 0 aromatic heterocycles. The second kappa shape index (κ2) is 15.9. The van der Waals surface area contributed by atoms with Crippen molar-refractivity contribution in [2.75, 3.05) is 9.80 Å². The highest BCUT2D eigenvalue weighted by atomic mass is 16.2. The van der Waals surface area contributed by atoms with Crippen molar-refractivity contribution in [2.45, 2.75) is 76.3 Å². The van der Waals surface area contributed by atoms with Gasteiger partial charge in [0.25, 0.3) is 23.6 Å². The van der Waals surface area contributed by atoms with E-state index in [2.05, 4.69) is 70.5 Å². The Morgan fingerprint density at radius 2 is 0.632 bits per heavy atom. The van der Waals surface area contributed by atoms with Crippen LogP contribution in [-0.2, 0) is 0 Å². The van der Waals surface area contributed by atoms with Crippen LogP contribution in [0, 0.1) is 0 Å². The van der Waals surface area contributed by atoms with Crippen LogP contribution in [0.2, 0.25) is 0 Å². The van der Waals surface area contributed by atoms with E-state index in [1.165, 1.54) is 0 Å². The molecule has 9 aromatic carbocycles. The lowest BCUT2D eigenvalue weighted by Crippen LogP contribution is -2.48. The zero-order valence-electron chi connectivity index (χ0n) is 37.7. The lowest BCUT2D eigenvalue weighted by molar-refractivity contribution is 0.0487. The zero-order valence-corrected chi connectivity index (χ0v) is 37.7. The Balaban J connectivity index is 1.22. The van der Waals surface area contributed by atoms with Gasteiger partial charge in [-0.3, -0.25) is 29.0 Å². The predicted octanol–water partition coefficient (Wildman–Crippen LogP) is 14.5. The Hall–Kier alpha value is -7.84. The van der Waals surface area contributed by atoms with Gasteiger partial charge in [0.2, 0.25) is 0 Å². The molecule has 0 bridgehead atoms. The van der Waals surface area contributed by atoms with Crippen molar-refractivity contribution < 1.29 is 19.2 Å². The van der Waals surface area contributed by atoms with Crippen LogP contribution < -0.4 is 9.80 Å². The van der Waals surface area contributed by atoms with Crippen molar-refractivity contribution in [3.63, 3.8) is 0 Å². The minimum absolute atomic E-state index is 0.181. The van der Waals surface area contributed by atoms with Crippen LogP contribution in [0.4, 0.5) is 34.1 Å². The van der Waals surface area contributed by atoms with Crippen molar-refractivity contribution in [1.29, 1.82) is 0 Å². The minimum atomic E-state index is -0.272. The molecular weight excluding hydrogens is 841 g/mol. The van der Waals surface area contributed by atoms with E-state index in [0.29, 0.717) is 33.0 Å². The molecule has 2 fully saturated rings. The molecule has 9 aromatic rings. The number of imide groups is 2. The van der Waals surface area contributed by atoms with Crippen molar-refractivity contribution in [1.82, 2.24) is 9.80 Å². The maximum atomic E-state index is 15.4. The van der Waals surface area contributed by atoms with Gasteiger partial charge in [-0.15, -0.1) is 0 Å². The van der Waals surface area contributed by atoms with Crippen LogP contribution in [0.3, 0.4) is 0 Å². The number of carbonyl (C=O) groups is 4. The first-order valence-corrected chi connectivity index (χ1v) is 24.3. The van der Waals surface area contributed by atoms with E-state index in [0.717, 1.165) is 131 Å². The molecule has 332 valence electrons. The summed E-state index contributed by atoms with van der Waals surface area (Å²) in [5, 5.41) is 6.19. The van der Waals surface area contributed by atoms with E-state index in [-0.39, 0.29) is 35.7 Å². The summed E-state index contributed by atoms with van der Waals surface area (Å²) in [4.78, 5) is 68.5. The number of amides is 4. The smallest absolute Gasteiger partial charge is 0.261 e. The fourth-order valence-electron chi connectivity index (χ4n) is 12.3. The van der Waals surface area contributed by atoms with Crippen molar-refractivity contribution in [3.05, 3.63) is 180 Å². The monoisotopic (exact) mass is 888 g/mol. The lowest BCUT2D eigenvalue weighted by Gasteiger charge is -2.38. The number of hydrogen-bond acceptors (Lipinski definition) is 6. The van der Waals surface area contributed by atoms with Gasteiger partial charge in [0.1, 0.15) is 0 Å². The highest BCUT2D eigenvalue weighted by Gasteiger charge is 2.43. The number of hydrogen-bond donors (Lipinski definition) is 0. The van der Waals surface area contributed by atoms with Crippen LogP contribution in [0.15, 0.2) is 158 Å². The van der Waals surface area contributed by atoms with Crippen LogP contribution in [0.25, 0.3) is 43.1 Å². The molecule has 0 N–H and O–H groups in total. The average molecular weight is 889 g/mol. The highest BCUT2D eigenvalue weighted by molar-refractivity contribution is 6.45. The van der Waals surface area contributed by atoms with Gasteiger partial charge in [-0.1, -0.05) is 123 Å². The highest BCUT2D eigenvalue weighted by Crippen LogP contribution is 2.55. The number of fused-ring (bicyclic) bond motifs is 2. The Morgan fingerprint density at radius 1 is 0.324 bits per heavy atom. The summed E-state index contributed by atoms with van der Waals surface area (Å²) >= 11 is 0. The molecule has 0 unspecified atom stereocenters. The Kier molecular flexibility index (Phi) is 9.46. The molecule has 0 radical (unpaired) electrons. The number of para-hydroxylation sites is 4. The third-order valence-corrected chi connectivity index (χ3v) is 15.3. The lowest BCUT2D eigenvalue weighted by atomic mass is 9.79. The van der Waals surface area contributed by atoms with E-state index in [1.54, 1.807) is 9.80 Å². The van der Waals surface area contributed by atoms with Gasteiger partial charge < -0.3 is 9.80 Å². The molecule has 2 aliphatic heterocycles. The van der Waals surface area contributed by atoms with E-state index in [9.17, 15) is 0 Å². The summed E-state index contributed by atoms with van der Waals surface area (Å²) in [6.07, 6.45) is 9.21. The summed E-state index contributed by atoms with van der Waals surface area (Å²) < 4.78 is 0. The number of rotatable bonds is 8. The Morgan fingerprint density at radius 3 is 0.956 bits per heavy atom. The summed E-state index contributed by atoms with van der Waals surface area (Å²) in [5.41, 5.74) is 7.10. The SMILES string of the molecule is O=C1c2ccc3c4c(N(c5ccccc5)c5ccccc5)cc5c6c(ccc(c7c(N(c8ccccc8)c8ccccc8)cc(c2c37)C(=O)N1C1CCCCC1)c64)C(=O)N(C1CCCCC1)C5=O. The van der Waals surface area contributed by atoms with E-state index in [4.69, 9.17) is 0 Å². The fourth-order valence-corrected chi connectivity index (χ4v) is 12.3. The third-order valence-electron chi connectivity index (χ3n) is 15.3. The van der Waals surface area contributed by atoms with Crippen LogP contribution in [0.1, 0.15) is 106 Å². The van der Waals surface area contributed by atoms with Gasteiger partial charge in [0, 0.05) is 78.3 Å². The molecule has 0 saturated heterocycles. The Labute approximate surface area is 394 Å². The number of benzene rings is 9. The number of carbonyl (C=O) groups excluding carboxylic acids is 4. The molecule has 8 heteroatoms. The quantitative estimate of drug-likeness (QED) is 0.0859. The molecule has 2 heterocycles. The van der Waals surface area contributed by atoms with Gasteiger partial charge in [0.15, 0.2) is 0 Å². The number of anilines is 6. The topological polar surface area (TPSA) is 81.2 Å². The molecule has 4 aliphatic rings. The first-order chi connectivity index (χ1) is 33.5. The first kappa shape index (κ1) is 40.4.